The van der Waals surface area contributed by atoms with Gasteiger partial charge < -0.3 is 15.2 Å². The van der Waals surface area contributed by atoms with Crippen LogP contribution in [0.2, 0.25) is 0 Å². The Bertz CT molecular complexity index is 956. The monoisotopic (exact) mass is 397 g/mol. The maximum absolute atomic E-state index is 11.3. The fourth-order valence-corrected chi connectivity index (χ4v) is 3.65. The van der Waals surface area contributed by atoms with E-state index >= 15 is 0 Å². The summed E-state index contributed by atoms with van der Waals surface area (Å²) in [4.78, 5) is 21.3. The summed E-state index contributed by atoms with van der Waals surface area (Å²) in [6, 6.07) is 8.82. The average molecular weight is 398 g/mol. The number of carboxylic acid groups (broad SMARTS) is 1. The van der Waals surface area contributed by atoms with Gasteiger partial charge in [0.05, 0.1) is 17.7 Å². The van der Waals surface area contributed by atoms with Crippen LogP contribution in [0.25, 0.3) is 22.0 Å². The Morgan fingerprint density at radius 1 is 1.25 bits per heavy atom. The molecule has 146 valence electrons. The molecule has 7 heteroatoms. The Morgan fingerprint density at radius 3 is 2.86 bits per heavy atom. The number of unbranched alkanes of at least 4 members (excludes halogenated alkanes) is 2. The number of thiophene rings is 1. The molecule has 2 heterocycles. The van der Waals surface area contributed by atoms with Gasteiger partial charge in [-0.3, -0.25) is 0 Å². The van der Waals surface area contributed by atoms with Crippen molar-refractivity contribution in [1.29, 1.82) is 0 Å². The van der Waals surface area contributed by atoms with E-state index in [4.69, 9.17) is 4.74 Å². The van der Waals surface area contributed by atoms with Gasteiger partial charge in [0.1, 0.15) is 11.3 Å². The van der Waals surface area contributed by atoms with E-state index in [-0.39, 0.29) is 11.3 Å². The van der Waals surface area contributed by atoms with E-state index in [1.165, 1.54) is 26.0 Å². The number of nitrogens with zero attached hydrogens (tertiary/aromatic N) is 2. The van der Waals surface area contributed by atoms with Crippen LogP contribution in [0, 0.1) is 0 Å². The number of benzene rings is 1. The first kappa shape index (κ1) is 19.8. The van der Waals surface area contributed by atoms with E-state index < -0.39 is 5.97 Å². The number of methoxy groups -OCH3 is 1. The molecule has 0 saturated heterocycles. The van der Waals surface area contributed by atoms with Gasteiger partial charge >= 0.3 is 5.97 Å². The van der Waals surface area contributed by atoms with Crippen LogP contribution >= 0.6 is 11.3 Å². The van der Waals surface area contributed by atoms with Gasteiger partial charge in [0.15, 0.2) is 5.82 Å². The van der Waals surface area contributed by atoms with Crippen molar-refractivity contribution in [2.24, 2.45) is 0 Å². The Hall–Kier alpha value is -2.93. The molecule has 0 atom stereocenters. The van der Waals surface area contributed by atoms with Crippen LogP contribution in [0.3, 0.4) is 0 Å². The molecule has 2 aromatic heterocycles. The molecule has 0 amide bonds. The second kappa shape index (κ2) is 9.32. The number of rotatable bonds is 9. The third kappa shape index (κ3) is 4.67. The molecule has 0 aliphatic heterocycles. The highest BCUT2D eigenvalue weighted by Gasteiger charge is 2.14. The van der Waals surface area contributed by atoms with Crippen molar-refractivity contribution in [2.75, 3.05) is 19.0 Å². The molecule has 0 aliphatic rings. The zero-order chi connectivity index (χ0) is 19.9. The maximum Gasteiger partial charge on any atom is 0.339 e. The Morgan fingerprint density at radius 2 is 2.11 bits per heavy atom. The largest absolute Gasteiger partial charge is 0.496 e. The molecule has 0 radical (unpaired) electrons. The number of aromatic nitrogens is 2. The van der Waals surface area contributed by atoms with Gasteiger partial charge in [0, 0.05) is 29.4 Å². The smallest absolute Gasteiger partial charge is 0.339 e. The molecule has 0 unspecified atom stereocenters. The molecule has 28 heavy (non-hydrogen) atoms. The number of carbonyl (C=O) groups is 1. The standard InChI is InChI=1S/C21H23N3O3S/c1-3-4-5-9-22-15-12-19(28-13-15)17-8-10-23-20(24-17)14-6-7-16(21(25)26)18(11-14)27-2/h6-8,10-13,22H,3-5,9H2,1-2H3,(H,25,26). The lowest BCUT2D eigenvalue weighted by Gasteiger charge is -2.08. The van der Waals surface area contributed by atoms with Gasteiger partial charge in [-0.15, -0.1) is 11.3 Å². The van der Waals surface area contributed by atoms with Crippen LogP contribution in [-0.2, 0) is 0 Å². The number of carboxylic acids is 1. The van der Waals surface area contributed by atoms with Gasteiger partial charge in [-0.05, 0) is 30.7 Å². The highest BCUT2D eigenvalue weighted by Crippen LogP contribution is 2.31. The van der Waals surface area contributed by atoms with Crippen molar-refractivity contribution >= 4 is 23.0 Å². The number of aromatic carboxylic acids is 1. The zero-order valence-electron chi connectivity index (χ0n) is 15.9. The minimum Gasteiger partial charge on any atom is -0.496 e. The molecular formula is C21H23N3O3S. The molecule has 6 nitrogen and oxygen atoms in total. The van der Waals surface area contributed by atoms with Crippen molar-refractivity contribution < 1.29 is 14.6 Å². The van der Waals surface area contributed by atoms with Gasteiger partial charge in [-0.1, -0.05) is 25.8 Å². The summed E-state index contributed by atoms with van der Waals surface area (Å²) in [7, 11) is 1.45. The van der Waals surface area contributed by atoms with E-state index in [0.29, 0.717) is 11.4 Å². The molecule has 0 aliphatic carbocycles. The summed E-state index contributed by atoms with van der Waals surface area (Å²) >= 11 is 1.63. The molecule has 0 bridgehead atoms. The van der Waals surface area contributed by atoms with Crippen LogP contribution in [0.1, 0.15) is 36.5 Å². The first-order valence-electron chi connectivity index (χ1n) is 9.20. The fraction of sp³-hybridized carbons (Fsp3) is 0.286. The summed E-state index contributed by atoms with van der Waals surface area (Å²) in [5.41, 5.74) is 2.75. The van der Waals surface area contributed by atoms with Crippen LogP contribution < -0.4 is 10.1 Å². The summed E-state index contributed by atoms with van der Waals surface area (Å²) < 4.78 is 5.20. The van der Waals surface area contributed by atoms with Crippen molar-refractivity contribution in [3.63, 3.8) is 0 Å². The number of ether oxygens (including phenoxy) is 1. The minimum atomic E-state index is -1.03. The Labute approximate surface area is 168 Å². The van der Waals surface area contributed by atoms with Gasteiger partial charge in [-0.2, -0.15) is 0 Å². The van der Waals surface area contributed by atoms with E-state index in [9.17, 15) is 9.90 Å². The second-order valence-corrected chi connectivity index (χ2v) is 7.23. The molecule has 0 fully saturated rings. The van der Waals surface area contributed by atoms with Crippen LogP contribution in [-0.4, -0.2) is 34.7 Å². The quantitative estimate of drug-likeness (QED) is 0.484. The van der Waals surface area contributed by atoms with E-state index in [2.05, 4.69) is 33.7 Å². The second-order valence-electron chi connectivity index (χ2n) is 6.32. The molecular weight excluding hydrogens is 374 g/mol. The molecule has 1 aromatic carbocycles. The van der Waals surface area contributed by atoms with E-state index in [1.807, 2.05) is 6.07 Å². The number of nitrogens with one attached hydrogen (secondary N) is 1. The van der Waals surface area contributed by atoms with Crippen molar-refractivity contribution in [3.8, 4) is 27.7 Å². The van der Waals surface area contributed by atoms with E-state index in [1.54, 1.807) is 29.7 Å². The minimum absolute atomic E-state index is 0.111. The average Bonchev–Trinajstić information content (AvgIpc) is 3.20. The summed E-state index contributed by atoms with van der Waals surface area (Å²) in [5.74, 6) is -0.220. The molecule has 3 aromatic rings. The van der Waals surface area contributed by atoms with Gasteiger partial charge in [0.2, 0.25) is 0 Å². The summed E-state index contributed by atoms with van der Waals surface area (Å²) in [6.45, 7) is 3.16. The third-order valence-corrected chi connectivity index (χ3v) is 5.26. The molecule has 3 rings (SSSR count). The van der Waals surface area contributed by atoms with Crippen LogP contribution in [0.15, 0.2) is 41.9 Å². The van der Waals surface area contributed by atoms with Gasteiger partial charge in [-0.25, -0.2) is 14.8 Å². The first-order valence-corrected chi connectivity index (χ1v) is 10.1. The normalized spacial score (nSPS) is 10.6. The Balaban J connectivity index is 1.81. The van der Waals surface area contributed by atoms with E-state index in [0.717, 1.165) is 29.2 Å². The highest BCUT2D eigenvalue weighted by molar-refractivity contribution is 7.14. The van der Waals surface area contributed by atoms with Crippen LogP contribution in [0.5, 0.6) is 5.75 Å². The lowest BCUT2D eigenvalue weighted by molar-refractivity contribution is 0.0693. The lowest BCUT2D eigenvalue weighted by atomic mass is 10.1. The maximum atomic E-state index is 11.3. The molecule has 0 saturated carbocycles. The summed E-state index contributed by atoms with van der Waals surface area (Å²) in [6.07, 6.45) is 5.30. The van der Waals surface area contributed by atoms with Crippen molar-refractivity contribution in [3.05, 3.63) is 47.5 Å². The third-order valence-electron chi connectivity index (χ3n) is 4.31. The Kier molecular flexibility index (Phi) is 6.60. The topological polar surface area (TPSA) is 84.3 Å². The van der Waals surface area contributed by atoms with Crippen LogP contribution in [0.4, 0.5) is 5.69 Å². The zero-order valence-corrected chi connectivity index (χ0v) is 16.8. The summed E-state index contributed by atoms with van der Waals surface area (Å²) in [5, 5.41) is 14.8. The number of anilines is 1. The predicted octanol–water partition coefficient (Wildman–Crippen LogP) is 5.18. The molecule has 0 spiro atoms. The fourth-order valence-electron chi connectivity index (χ4n) is 2.81. The highest BCUT2D eigenvalue weighted by atomic mass is 32.1. The predicted molar refractivity (Wildman–Crippen MR) is 112 cm³/mol. The number of hydrogen-bond donors (Lipinski definition) is 2. The SMILES string of the molecule is CCCCCNc1csc(-c2ccnc(-c3ccc(C(=O)O)c(OC)c3)n2)c1. The van der Waals surface area contributed by atoms with Crippen molar-refractivity contribution in [2.45, 2.75) is 26.2 Å². The molecule has 2 N–H and O–H groups in total. The number of hydrogen-bond acceptors (Lipinski definition) is 6. The first-order chi connectivity index (χ1) is 13.6. The van der Waals surface area contributed by atoms with Crippen molar-refractivity contribution in [1.82, 2.24) is 9.97 Å². The lowest BCUT2D eigenvalue weighted by Crippen LogP contribution is -2.01. The van der Waals surface area contributed by atoms with Gasteiger partial charge in [0.25, 0.3) is 0 Å².